The third-order valence-electron chi connectivity index (χ3n) is 4.34. The molecule has 0 unspecified atom stereocenters. The van der Waals surface area contributed by atoms with Crippen molar-refractivity contribution in [2.45, 2.75) is 24.6 Å². The van der Waals surface area contributed by atoms with Gasteiger partial charge in [0.05, 0.1) is 32.1 Å². The van der Waals surface area contributed by atoms with Gasteiger partial charge < -0.3 is 35.7 Å². The predicted molar refractivity (Wildman–Crippen MR) is 125 cm³/mol. The highest BCUT2D eigenvalue weighted by atomic mass is 32.2. The molecular weight excluding hydrogens is 466 g/mol. The van der Waals surface area contributed by atoms with Crippen molar-refractivity contribution in [1.82, 2.24) is 20.7 Å². The minimum Gasteiger partial charge on any atom is -0.493 e. The molecule has 0 aliphatic rings. The molecule has 0 radical (unpaired) electrons. The highest BCUT2D eigenvalue weighted by Gasteiger charge is 2.24. The maximum atomic E-state index is 12.5. The highest BCUT2D eigenvalue weighted by molar-refractivity contribution is 7.98. The van der Waals surface area contributed by atoms with Crippen LogP contribution in [0.4, 0.5) is 0 Å². The fraction of sp³-hybridized carbons (Fsp3) is 0.450. The lowest BCUT2D eigenvalue weighted by atomic mass is 10.2. The van der Waals surface area contributed by atoms with Crippen LogP contribution < -0.4 is 31.0 Å². The van der Waals surface area contributed by atoms with Crippen molar-refractivity contribution >= 4 is 29.7 Å². The number of nitrogens with two attached hydrogens (primary N) is 2. The van der Waals surface area contributed by atoms with Crippen molar-refractivity contribution in [2.24, 2.45) is 11.5 Å². The summed E-state index contributed by atoms with van der Waals surface area (Å²) < 4.78 is 21.3. The van der Waals surface area contributed by atoms with Crippen LogP contribution in [0.1, 0.15) is 28.9 Å². The molecule has 0 bridgehead atoms. The van der Waals surface area contributed by atoms with E-state index in [1.54, 1.807) is 6.20 Å². The van der Waals surface area contributed by atoms with Crippen molar-refractivity contribution in [1.29, 1.82) is 5.41 Å². The zero-order chi connectivity index (χ0) is 24.9. The van der Waals surface area contributed by atoms with Gasteiger partial charge in [0, 0.05) is 24.2 Å². The largest absolute Gasteiger partial charge is 0.493 e. The lowest BCUT2D eigenvalue weighted by molar-refractivity contribution is -0.135. The van der Waals surface area contributed by atoms with E-state index in [0.29, 0.717) is 30.9 Å². The van der Waals surface area contributed by atoms with Crippen molar-refractivity contribution in [3.05, 3.63) is 29.6 Å². The SMILES string of the molecule is COc1cc(C(=O)OCCCCNC(=N)N)cc(OC)c1OC(=O)[C@@H](N)CSCc1c[nH]nn1. The molecule has 1 heterocycles. The summed E-state index contributed by atoms with van der Waals surface area (Å²) in [7, 11) is 2.74. The van der Waals surface area contributed by atoms with Gasteiger partial charge in [-0.05, 0) is 25.0 Å². The van der Waals surface area contributed by atoms with Crippen LogP contribution in [0.15, 0.2) is 18.3 Å². The third-order valence-corrected chi connectivity index (χ3v) is 5.43. The first-order valence-corrected chi connectivity index (χ1v) is 11.4. The number of aromatic amines is 1. The third kappa shape index (κ3) is 8.44. The highest BCUT2D eigenvalue weighted by Crippen LogP contribution is 2.39. The lowest BCUT2D eigenvalue weighted by Crippen LogP contribution is -2.36. The van der Waals surface area contributed by atoms with E-state index >= 15 is 0 Å². The number of H-pyrrole nitrogens is 1. The number of hydrogen-bond donors (Lipinski definition) is 5. The van der Waals surface area contributed by atoms with E-state index in [1.807, 2.05) is 0 Å². The van der Waals surface area contributed by atoms with Gasteiger partial charge in [-0.15, -0.1) is 5.10 Å². The van der Waals surface area contributed by atoms with E-state index in [4.69, 9.17) is 35.8 Å². The number of guanidine groups is 1. The fourth-order valence-electron chi connectivity index (χ4n) is 2.63. The Hall–Kier alpha value is -3.52. The van der Waals surface area contributed by atoms with Gasteiger partial charge in [0.1, 0.15) is 6.04 Å². The van der Waals surface area contributed by atoms with Crippen LogP contribution in [0, 0.1) is 5.41 Å². The molecule has 2 rings (SSSR count). The van der Waals surface area contributed by atoms with Crippen LogP contribution in [-0.4, -0.2) is 72.5 Å². The Bertz CT molecular complexity index is 932. The van der Waals surface area contributed by atoms with Gasteiger partial charge in [0.15, 0.2) is 17.5 Å². The summed E-state index contributed by atoms with van der Waals surface area (Å²) in [5.41, 5.74) is 12.1. The quantitative estimate of drug-likeness (QED) is 0.0795. The Morgan fingerprint density at radius 2 is 1.94 bits per heavy atom. The molecule has 7 N–H and O–H groups in total. The molecule has 0 spiro atoms. The molecule has 34 heavy (non-hydrogen) atoms. The summed E-state index contributed by atoms with van der Waals surface area (Å²) in [6.45, 7) is 0.691. The van der Waals surface area contributed by atoms with E-state index in [1.165, 1.54) is 38.1 Å². The number of thioether (sulfide) groups is 1. The van der Waals surface area contributed by atoms with Gasteiger partial charge in [-0.1, -0.05) is 5.21 Å². The normalized spacial score (nSPS) is 11.4. The molecule has 186 valence electrons. The number of unbranched alkanes of at least 4 members (excludes halogenated alkanes) is 1. The Morgan fingerprint density at radius 1 is 1.24 bits per heavy atom. The van der Waals surface area contributed by atoms with Crippen LogP contribution in [0.2, 0.25) is 0 Å². The number of benzene rings is 1. The number of nitrogens with one attached hydrogen (secondary N) is 3. The van der Waals surface area contributed by atoms with E-state index in [-0.39, 0.29) is 35.4 Å². The van der Waals surface area contributed by atoms with Crippen LogP contribution >= 0.6 is 11.8 Å². The summed E-state index contributed by atoms with van der Waals surface area (Å²) in [5.74, 6) is -0.298. The first-order chi connectivity index (χ1) is 16.3. The number of carbonyl (C=O) groups is 2. The van der Waals surface area contributed by atoms with Crippen molar-refractivity contribution in [3.8, 4) is 17.2 Å². The molecule has 1 aromatic heterocycles. The predicted octanol–water partition coefficient (Wildman–Crippen LogP) is 0.408. The Morgan fingerprint density at radius 3 is 2.53 bits per heavy atom. The number of carbonyl (C=O) groups excluding carboxylic acids is 2. The van der Waals surface area contributed by atoms with Gasteiger partial charge in [0.2, 0.25) is 5.75 Å². The minimum absolute atomic E-state index is 0.0128. The standard InChI is InChI=1S/C20H29N7O6S/c1-30-15-7-12(18(28)32-6-4-3-5-24-20(22)23)8-16(31-2)17(15)33-19(29)14(21)11-34-10-13-9-25-27-26-13/h7-9,14H,3-6,10-11,21H2,1-2H3,(H4,22,23,24)(H,25,26,27)/t14-/m0/s1. The average Bonchev–Trinajstić information content (AvgIpc) is 3.34. The second kappa shape index (κ2) is 13.9. The van der Waals surface area contributed by atoms with Crippen LogP contribution in [0.3, 0.4) is 0 Å². The van der Waals surface area contributed by atoms with Crippen molar-refractivity contribution in [2.75, 3.05) is 33.1 Å². The molecule has 1 atom stereocenters. The topological polar surface area (TPSA) is 201 Å². The van der Waals surface area contributed by atoms with Gasteiger partial charge >= 0.3 is 11.9 Å². The minimum atomic E-state index is -0.909. The van der Waals surface area contributed by atoms with Gasteiger partial charge in [-0.3, -0.25) is 10.5 Å². The Kier molecular flexibility index (Phi) is 10.9. The first kappa shape index (κ1) is 26.7. The average molecular weight is 496 g/mol. The smallest absolute Gasteiger partial charge is 0.338 e. The van der Waals surface area contributed by atoms with E-state index in [2.05, 4.69) is 20.7 Å². The van der Waals surface area contributed by atoms with Gasteiger partial charge in [-0.2, -0.15) is 11.8 Å². The number of methoxy groups -OCH3 is 2. The molecule has 1 aromatic carbocycles. The molecule has 14 heteroatoms. The Balaban J connectivity index is 1.95. The summed E-state index contributed by atoms with van der Waals surface area (Å²) in [6, 6.07) is 1.89. The molecule has 0 saturated heterocycles. The van der Waals surface area contributed by atoms with Crippen LogP contribution in [0.25, 0.3) is 0 Å². The molecule has 0 saturated carbocycles. The van der Waals surface area contributed by atoms with Crippen molar-refractivity contribution < 1.29 is 28.5 Å². The summed E-state index contributed by atoms with van der Waals surface area (Å²) in [5, 5.41) is 19.8. The van der Waals surface area contributed by atoms with Crippen LogP contribution in [-0.2, 0) is 15.3 Å². The second-order valence-electron chi connectivity index (χ2n) is 6.90. The monoisotopic (exact) mass is 495 g/mol. The summed E-state index contributed by atoms with van der Waals surface area (Å²) >= 11 is 1.41. The zero-order valence-corrected chi connectivity index (χ0v) is 19.8. The van der Waals surface area contributed by atoms with E-state index in [9.17, 15) is 9.59 Å². The molecule has 0 aliphatic heterocycles. The second-order valence-corrected chi connectivity index (χ2v) is 7.93. The number of ether oxygens (including phenoxy) is 4. The Labute approximate surface area is 200 Å². The molecular formula is C20H29N7O6S. The number of rotatable bonds is 14. The first-order valence-electron chi connectivity index (χ1n) is 10.3. The van der Waals surface area contributed by atoms with Gasteiger partial charge in [-0.25, -0.2) is 9.59 Å². The maximum absolute atomic E-state index is 12.5. The van der Waals surface area contributed by atoms with Gasteiger partial charge in [0.25, 0.3) is 0 Å². The lowest BCUT2D eigenvalue weighted by Gasteiger charge is -2.17. The number of aromatic nitrogens is 3. The molecule has 0 aliphatic carbocycles. The molecule has 2 aromatic rings. The van der Waals surface area contributed by atoms with E-state index in [0.717, 1.165) is 5.69 Å². The zero-order valence-electron chi connectivity index (χ0n) is 19.0. The fourth-order valence-corrected chi connectivity index (χ4v) is 3.49. The van der Waals surface area contributed by atoms with E-state index < -0.39 is 18.0 Å². The molecule has 0 fully saturated rings. The summed E-state index contributed by atoms with van der Waals surface area (Å²) in [6.07, 6.45) is 2.92. The number of hydrogen-bond acceptors (Lipinski definition) is 11. The maximum Gasteiger partial charge on any atom is 0.338 e. The number of esters is 2. The van der Waals surface area contributed by atoms with Crippen molar-refractivity contribution in [3.63, 3.8) is 0 Å². The molecule has 0 amide bonds. The molecule has 13 nitrogen and oxygen atoms in total. The summed E-state index contributed by atoms with van der Waals surface area (Å²) in [4.78, 5) is 24.9. The van der Waals surface area contributed by atoms with Crippen LogP contribution in [0.5, 0.6) is 17.2 Å². The number of nitrogens with zero attached hydrogens (tertiary/aromatic N) is 2.